The molecule has 1 aliphatic rings. The van der Waals surface area contributed by atoms with Crippen molar-refractivity contribution < 1.29 is 23.9 Å². The van der Waals surface area contributed by atoms with E-state index in [0.29, 0.717) is 6.42 Å². The van der Waals surface area contributed by atoms with E-state index >= 15 is 0 Å². The smallest absolute Gasteiger partial charge is 0.375 e. The zero-order valence-corrected chi connectivity index (χ0v) is 9.76. The van der Waals surface area contributed by atoms with E-state index in [9.17, 15) is 19.2 Å². The molecule has 100 valence electrons. The second-order valence-electron chi connectivity index (χ2n) is 3.95. The van der Waals surface area contributed by atoms with Crippen LogP contribution in [0.4, 0.5) is 4.79 Å². The number of rotatable bonds is 4. The molecule has 3 amide bonds. The number of imide groups is 1. The average Bonchev–Trinajstić information content (AvgIpc) is 2.72. The zero-order chi connectivity index (χ0) is 13.7. The molecule has 0 aromatic carbocycles. The summed E-state index contributed by atoms with van der Waals surface area (Å²) >= 11 is 0. The van der Waals surface area contributed by atoms with Gasteiger partial charge < -0.3 is 16.2 Å². The van der Waals surface area contributed by atoms with Crippen LogP contribution in [-0.2, 0) is 19.1 Å². The van der Waals surface area contributed by atoms with Gasteiger partial charge in [0.2, 0.25) is 11.8 Å². The number of esters is 1. The quantitative estimate of drug-likeness (QED) is 0.483. The third-order valence-corrected chi connectivity index (χ3v) is 2.49. The molecule has 0 aromatic heterocycles. The fourth-order valence-electron chi connectivity index (χ4n) is 1.47. The van der Waals surface area contributed by atoms with Crippen molar-refractivity contribution in [2.45, 2.75) is 31.7 Å². The third kappa shape index (κ3) is 3.81. The lowest BCUT2D eigenvalue weighted by Gasteiger charge is -2.14. The molecule has 0 bridgehead atoms. The number of nitrogens with zero attached hydrogens (tertiary/aromatic N) is 1. The van der Waals surface area contributed by atoms with Gasteiger partial charge >= 0.3 is 12.1 Å². The van der Waals surface area contributed by atoms with Gasteiger partial charge in [0.25, 0.3) is 0 Å². The Kier molecular flexibility index (Phi) is 4.78. The summed E-state index contributed by atoms with van der Waals surface area (Å²) in [5.41, 5.74) is 10.3. The first-order valence-electron chi connectivity index (χ1n) is 5.51. The molecule has 0 saturated carbocycles. The second-order valence-corrected chi connectivity index (χ2v) is 3.95. The lowest BCUT2D eigenvalue weighted by atomic mass is 10.2. The number of hydrogen-bond acceptors (Lipinski definition) is 6. The highest BCUT2D eigenvalue weighted by atomic mass is 16.6. The summed E-state index contributed by atoms with van der Waals surface area (Å²) in [7, 11) is 0. The molecule has 8 heteroatoms. The minimum atomic E-state index is -1.11. The molecule has 1 atom stereocenters. The molecule has 0 unspecified atom stereocenters. The van der Waals surface area contributed by atoms with Crippen LogP contribution in [-0.4, -0.2) is 41.4 Å². The van der Waals surface area contributed by atoms with E-state index in [-0.39, 0.29) is 31.7 Å². The topological polar surface area (TPSA) is 133 Å². The maximum absolute atomic E-state index is 11.4. The maximum atomic E-state index is 11.4. The van der Waals surface area contributed by atoms with Crippen molar-refractivity contribution in [3.63, 3.8) is 0 Å². The van der Waals surface area contributed by atoms with Crippen LogP contribution in [0.15, 0.2) is 0 Å². The standard InChI is InChI=1S/C10H15N3O5/c11-6(3-4-7(12)14)9(16)18-10(17)13-5-1-2-8(13)15/h6H,1-5,11H2,(H2,12,14)/t6-/m0/s1. The van der Waals surface area contributed by atoms with Crippen molar-refractivity contribution in [2.75, 3.05) is 6.54 Å². The van der Waals surface area contributed by atoms with Crippen molar-refractivity contribution in [3.05, 3.63) is 0 Å². The van der Waals surface area contributed by atoms with Gasteiger partial charge in [0.05, 0.1) is 0 Å². The molecular weight excluding hydrogens is 242 g/mol. The minimum absolute atomic E-state index is 0.00457. The highest BCUT2D eigenvalue weighted by Gasteiger charge is 2.30. The zero-order valence-electron chi connectivity index (χ0n) is 9.76. The number of hydrogen-bond donors (Lipinski definition) is 2. The van der Waals surface area contributed by atoms with Crippen LogP contribution in [0.2, 0.25) is 0 Å². The molecule has 0 spiro atoms. The summed E-state index contributed by atoms with van der Waals surface area (Å²) in [5.74, 6) is -1.95. The predicted molar refractivity (Wildman–Crippen MR) is 58.8 cm³/mol. The van der Waals surface area contributed by atoms with Crippen LogP contribution >= 0.6 is 0 Å². The van der Waals surface area contributed by atoms with Crippen LogP contribution in [0.3, 0.4) is 0 Å². The summed E-state index contributed by atoms with van der Waals surface area (Å²) in [6, 6.07) is -1.11. The Morgan fingerprint density at radius 3 is 2.56 bits per heavy atom. The number of nitrogens with two attached hydrogens (primary N) is 2. The van der Waals surface area contributed by atoms with E-state index < -0.39 is 24.0 Å². The Morgan fingerprint density at radius 2 is 2.06 bits per heavy atom. The first-order chi connectivity index (χ1) is 8.41. The summed E-state index contributed by atoms with van der Waals surface area (Å²) in [5, 5.41) is 0. The Labute approximate surface area is 103 Å². The van der Waals surface area contributed by atoms with Gasteiger partial charge in [-0.25, -0.2) is 14.5 Å². The Balaban J connectivity index is 2.41. The van der Waals surface area contributed by atoms with Gasteiger partial charge in [0, 0.05) is 19.4 Å². The molecule has 8 nitrogen and oxygen atoms in total. The fourth-order valence-corrected chi connectivity index (χ4v) is 1.47. The van der Waals surface area contributed by atoms with Crippen LogP contribution < -0.4 is 11.5 Å². The highest BCUT2D eigenvalue weighted by Crippen LogP contribution is 2.11. The van der Waals surface area contributed by atoms with E-state index in [2.05, 4.69) is 4.74 Å². The lowest BCUT2D eigenvalue weighted by Crippen LogP contribution is -2.40. The summed E-state index contributed by atoms with van der Waals surface area (Å²) in [4.78, 5) is 45.4. The summed E-state index contributed by atoms with van der Waals surface area (Å²) < 4.78 is 4.45. The van der Waals surface area contributed by atoms with Crippen molar-refractivity contribution in [1.82, 2.24) is 4.90 Å². The molecule has 0 radical (unpaired) electrons. The molecule has 1 fully saturated rings. The molecule has 0 aromatic rings. The third-order valence-electron chi connectivity index (χ3n) is 2.49. The molecule has 1 heterocycles. The molecular formula is C10H15N3O5. The van der Waals surface area contributed by atoms with Gasteiger partial charge in [-0.2, -0.15) is 0 Å². The Hall–Kier alpha value is -1.96. The fraction of sp³-hybridized carbons (Fsp3) is 0.600. The van der Waals surface area contributed by atoms with Crippen LogP contribution in [0.25, 0.3) is 0 Å². The first-order valence-corrected chi connectivity index (χ1v) is 5.51. The maximum Gasteiger partial charge on any atom is 0.424 e. The van der Waals surface area contributed by atoms with E-state index in [4.69, 9.17) is 11.5 Å². The molecule has 1 aliphatic heterocycles. The normalized spacial score (nSPS) is 16.5. The number of amides is 3. The molecule has 18 heavy (non-hydrogen) atoms. The monoisotopic (exact) mass is 257 g/mol. The van der Waals surface area contributed by atoms with Gasteiger partial charge in [0.15, 0.2) is 0 Å². The number of likely N-dealkylation sites (tertiary alicyclic amines) is 1. The number of carbonyl (C=O) groups excluding carboxylic acids is 4. The summed E-state index contributed by atoms with van der Waals surface area (Å²) in [6.07, 6.45) is -0.285. The van der Waals surface area contributed by atoms with Crippen molar-refractivity contribution >= 4 is 23.9 Å². The molecule has 4 N–H and O–H groups in total. The van der Waals surface area contributed by atoms with Gasteiger partial charge in [-0.1, -0.05) is 0 Å². The highest BCUT2D eigenvalue weighted by molar-refractivity contribution is 5.98. The SMILES string of the molecule is NC(=O)CC[C@H](N)C(=O)OC(=O)N1CCCC1=O. The van der Waals surface area contributed by atoms with E-state index in [1.165, 1.54) is 0 Å². The van der Waals surface area contributed by atoms with Crippen molar-refractivity contribution in [2.24, 2.45) is 11.5 Å². The number of primary amides is 1. The van der Waals surface area contributed by atoms with Crippen molar-refractivity contribution in [3.8, 4) is 0 Å². The van der Waals surface area contributed by atoms with Gasteiger partial charge in [0.1, 0.15) is 6.04 Å². The summed E-state index contributed by atoms with van der Waals surface area (Å²) in [6.45, 7) is 0.238. The van der Waals surface area contributed by atoms with Crippen LogP contribution in [0.5, 0.6) is 0 Å². The average molecular weight is 257 g/mol. The molecule has 1 saturated heterocycles. The van der Waals surface area contributed by atoms with Gasteiger partial charge in [-0.05, 0) is 12.8 Å². The number of carbonyl (C=O) groups is 4. The Morgan fingerprint density at radius 1 is 1.39 bits per heavy atom. The Bertz CT molecular complexity index is 382. The number of ether oxygens (including phenoxy) is 1. The van der Waals surface area contributed by atoms with Gasteiger partial charge in [-0.15, -0.1) is 0 Å². The second kappa shape index (κ2) is 6.10. The first kappa shape index (κ1) is 14.1. The van der Waals surface area contributed by atoms with Gasteiger partial charge in [-0.3, -0.25) is 9.59 Å². The van der Waals surface area contributed by atoms with E-state index in [0.717, 1.165) is 4.90 Å². The van der Waals surface area contributed by atoms with Crippen LogP contribution in [0.1, 0.15) is 25.7 Å². The van der Waals surface area contributed by atoms with Crippen molar-refractivity contribution in [1.29, 1.82) is 0 Å². The predicted octanol–water partition coefficient (Wildman–Crippen LogP) is -1.14. The molecule has 1 rings (SSSR count). The van der Waals surface area contributed by atoms with Crippen LogP contribution in [0, 0.1) is 0 Å². The minimum Gasteiger partial charge on any atom is -0.375 e. The van der Waals surface area contributed by atoms with E-state index in [1.54, 1.807) is 0 Å². The lowest BCUT2D eigenvalue weighted by molar-refractivity contribution is -0.140. The largest absolute Gasteiger partial charge is 0.424 e. The molecule has 0 aliphatic carbocycles. The van der Waals surface area contributed by atoms with E-state index in [1.807, 2.05) is 0 Å².